The minimum Gasteiger partial charge on any atom is -0.497 e. The Morgan fingerprint density at radius 2 is 1.97 bits per heavy atom. The summed E-state index contributed by atoms with van der Waals surface area (Å²) >= 11 is 7.58. The molecule has 10 heteroatoms. The van der Waals surface area contributed by atoms with Gasteiger partial charge in [-0.3, -0.25) is 0 Å². The maximum absolute atomic E-state index is 12.8. The number of rotatable bonds is 7. The number of halogens is 1. The number of methoxy groups -OCH3 is 1. The van der Waals surface area contributed by atoms with E-state index in [9.17, 15) is 13.2 Å². The molecule has 0 saturated carbocycles. The van der Waals surface area contributed by atoms with Crippen molar-refractivity contribution in [2.24, 2.45) is 0 Å². The van der Waals surface area contributed by atoms with Crippen LogP contribution in [0.3, 0.4) is 0 Å². The lowest BCUT2D eigenvalue weighted by Gasteiger charge is -2.16. The maximum atomic E-state index is 12.8. The zero-order chi connectivity index (χ0) is 22.7. The van der Waals surface area contributed by atoms with Crippen molar-refractivity contribution in [3.8, 4) is 16.3 Å². The van der Waals surface area contributed by atoms with E-state index in [1.54, 1.807) is 12.5 Å². The topological polar surface area (TPSA) is 85.8 Å². The number of sulfonamides is 1. The number of aromatic nitrogens is 1. The Morgan fingerprint density at radius 3 is 2.72 bits per heavy atom. The average Bonchev–Trinajstić information content (AvgIpc) is 3.50. The van der Waals surface area contributed by atoms with Gasteiger partial charge in [0.1, 0.15) is 17.4 Å². The summed E-state index contributed by atoms with van der Waals surface area (Å²) in [6, 6.07) is 11.6. The van der Waals surface area contributed by atoms with Crippen LogP contribution in [0.4, 0.5) is 0 Å². The lowest BCUT2D eigenvalue weighted by atomic mass is 10.2. The molecule has 0 radical (unpaired) electrons. The molecule has 0 amide bonds. The molecule has 1 aliphatic rings. The smallest absolute Gasteiger partial charge is 0.340 e. The molecular formula is C22H21ClN2O5S2. The number of thiazole rings is 1. The fourth-order valence-electron chi connectivity index (χ4n) is 3.38. The number of benzene rings is 2. The summed E-state index contributed by atoms with van der Waals surface area (Å²) in [5, 5.41) is 2.70. The Labute approximate surface area is 195 Å². The average molecular weight is 493 g/mol. The first-order valence-electron chi connectivity index (χ1n) is 9.94. The van der Waals surface area contributed by atoms with Crippen LogP contribution in [0.5, 0.6) is 5.75 Å². The maximum Gasteiger partial charge on any atom is 0.340 e. The molecule has 2 aromatic carbocycles. The van der Waals surface area contributed by atoms with Crippen LogP contribution in [0.25, 0.3) is 10.6 Å². The lowest BCUT2D eigenvalue weighted by molar-refractivity contribution is 0.0468. The summed E-state index contributed by atoms with van der Waals surface area (Å²) in [6.45, 7) is 0.896. The second kappa shape index (κ2) is 9.58. The van der Waals surface area contributed by atoms with E-state index in [1.165, 1.54) is 33.8 Å². The number of ether oxygens (including phenoxy) is 2. The van der Waals surface area contributed by atoms with Crippen molar-refractivity contribution in [2.75, 3.05) is 20.2 Å². The van der Waals surface area contributed by atoms with Crippen LogP contribution >= 0.6 is 22.9 Å². The van der Waals surface area contributed by atoms with E-state index >= 15 is 0 Å². The van der Waals surface area contributed by atoms with E-state index in [0.717, 1.165) is 29.2 Å². The van der Waals surface area contributed by atoms with Crippen LogP contribution in [0.15, 0.2) is 52.7 Å². The molecule has 2 heterocycles. The first-order valence-corrected chi connectivity index (χ1v) is 12.6. The molecular weight excluding hydrogens is 472 g/mol. The Kier molecular flexibility index (Phi) is 6.80. The van der Waals surface area contributed by atoms with E-state index in [1.807, 2.05) is 24.3 Å². The third kappa shape index (κ3) is 4.80. The molecule has 0 spiro atoms. The predicted molar refractivity (Wildman–Crippen MR) is 123 cm³/mol. The van der Waals surface area contributed by atoms with Gasteiger partial charge in [-0.25, -0.2) is 18.2 Å². The molecule has 7 nitrogen and oxygen atoms in total. The van der Waals surface area contributed by atoms with Gasteiger partial charge in [0.25, 0.3) is 0 Å². The molecule has 0 unspecified atom stereocenters. The highest BCUT2D eigenvalue weighted by Gasteiger charge is 2.28. The Hall–Kier alpha value is -2.46. The normalized spacial score (nSPS) is 14.4. The predicted octanol–water partition coefficient (Wildman–Crippen LogP) is 4.61. The standard InChI is InChI=1S/C22H21ClN2O5S2/c1-29-17-6-4-5-15(11-17)21-24-16(14-31-21)13-30-22(26)19-12-18(7-8-20(19)23)32(27,28)25-9-2-3-10-25/h4-8,11-12,14H,2-3,9-10,13H2,1H3. The van der Waals surface area contributed by atoms with Gasteiger partial charge in [0.2, 0.25) is 10.0 Å². The first-order chi connectivity index (χ1) is 15.4. The number of esters is 1. The van der Waals surface area contributed by atoms with E-state index < -0.39 is 16.0 Å². The summed E-state index contributed by atoms with van der Waals surface area (Å²) in [6.07, 6.45) is 1.65. The van der Waals surface area contributed by atoms with Crippen molar-refractivity contribution < 1.29 is 22.7 Å². The van der Waals surface area contributed by atoms with Gasteiger partial charge in [-0.05, 0) is 43.2 Å². The lowest BCUT2D eigenvalue weighted by Crippen LogP contribution is -2.28. The minimum absolute atomic E-state index is 0.00943. The molecule has 1 aliphatic heterocycles. The highest BCUT2D eigenvalue weighted by Crippen LogP contribution is 2.28. The van der Waals surface area contributed by atoms with Gasteiger partial charge in [-0.1, -0.05) is 23.7 Å². The SMILES string of the molecule is COc1cccc(-c2nc(COC(=O)c3cc(S(=O)(=O)N4CCCC4)ccc3Cl)cs2)c1. The van der Waals surface area contributed by atoms with Crippen molar-refractivity contribution in [1.82, 2.24) is 9.29 Å². The van der Waals surface area contributed by atoms with Crippen LogP contribution in [0.1, 0.15) is 28.9 Å². The largest absolute Gasteiger partial charge is 0.497 e. The molecule has 168 valence electrons. The molecule has 0 bridgehead atoms. The quantitative estimate of drug-likeness (QED) is 0.447. The van der Waals surface area contributed by atoms with Gasteiger partial charge >= 0.3 is 5.97 Å². The van der Waals surface area contributed by atoms with Crippen LogP contribution in [0.2, 0.25) is 5.02 Å². The zero-order valence-corrected chi connectivity index (χ0v) is 19.7. The monoisotopic (exact) mass is 492 g/mol. The number of carbonyl (C=O) groups is 1. The molecule has 1 fully saturated rings. The third-order valence-corrected chi connectivity index (χ3v) is 8.24. The second-order valence-corrected chi connectivity index (χ2v) is 10.4. The number of hydrogen-bond donors (Lipinski definition) is 0. The molecule has 1 saturated heterocycles. The molecule has 0 aliphatic carbocycles. The Bertz CT molecular complexity index is 1240. The number of hydrogen-bond acceptors (Lipinski definition) is 7. The number of nitrogens with zero attached hydrogens (tertiary/aromatic N) is 2. The fraction of sp³-hybridized carbons (Fsp3) is 0.273. The van der Waals surface area contributed by atoms with Crippen LogP contribution in [-0.2, 0) is 21.4 Å². The van der Waals surface area contributed by atoms with Crippen molar-refractivity contribution in [3.63, 3.8) is 0 Å². The highest BCUT2D eigenvalue weighted by atomic mass is 35.5. The summed E-state index contributed by atoms with van der Waals surface area (Å²) in [5.41, 5.74) is 1.49. The Balaban J connectivity index is 1.47. The van der Waals surface area contributed by atoms with E-state index in [0.29, 0.717) is 18.8 Å². The van der Waals surface area contributed by atoms with Crippen LogP contribution < -0.4 is 4.74 Å². The van der Waals surface area contributed by atoms with Gasteiger partial charge in [-0.2, -0.15) is 4.31 Å². The summed E-state index contributed by atoms with van der Waals surface area (Å²) in [4.78, 5) is 17.2. The first kappa shape index (κ1) is 22.7. The van der Waals surface area contributed by atoms with E-state index in [2.05, 4.69) is 4.98 Å². The van der Waals surface area contributed by atoms with Crippen molar-refractivity contribution in [3.05, 3.63) is 64.1 Å². The van der Waals surface area contributed by atoms with Crippen molar-refractivity contribution in [2.45, 2.75) is 24.3 Å². The van der Waals surface area contributed by atoms with Gasteiger partial charge < -0.3 is 9.47 Å². The van der Waals surface area contributed by atoms with Gasteiger partial charge in [0.05, 0.1) is 28.3 Å². The summed E-state index contributed by atoms with van der Waals surface area (Å²) < 4.78 is 37.6. The van der Waals surface area contributed by atoms with E-state index in [-0.39, 0.29) is 22.1 Å². The fourth-order valence-corrected chi connectivity index (χ4v) is 5.92. The van der Waals surface area contributed by atoms with Gasteiger partial charge in [0.15, 0.2) is 0 Å². The molecule has 0 atom stereocenters. The molecule has 0 N–H and O–H groups in total. The van der Waals surface area contributed by atoms with Crippen LogP contribution in [-0.4, -0.2) is 43.9 Å². The van der Waals surface area contributed by atoms with Gasteiger partial charge in [0, 0.05) is 24.0 Å². The number of carbonyl (C=O) groups excluding carboxylic acids is 1. The zero-order valence-electron chi connectivity index (χ0n) is 17.3. The van der Waals surface area contributed by atoms with Crippen molar-refractivity contribution in [1.29, 1.82) is 0 Å². The summed E-state index contributed by atoms with van der Waals surface area (Å²) in [5.74, 6) is 0.0217. The minimum atomic E-state index is -3.67. The Morgan fingerprint density at radius 1 is 1.19 bits per heavy atom. The molecule has 32 heavy (non-hydrogen) atoms. The van der Waals surface area contributed by atoms with Crippen LogP contribution in [0, 0.1) is 0 Å². The molecule has 1 aromatic heterocycles. The third-order valence-electron chi connectivity index (χ3n) is 5.08. The molecule has 4 rings (SSSR count). The molecule has 3 aromatic rings. The highest BCUT2D eigenvalue weighted by molar-refractivity contribution is 7.89. The summed E-state index contributed by atoms with van der Waals surface area (Å²) in [7, 11) is -2.07. The van der Waals surface area contributed by atoms with E-state index in [4.69, 9.17) is 21.1 Å². The van der Waals surface area contributed by atoms with Gasteiger partial charge in [-0.15, -0.1) is 11.3 Å². The second-order valence-electron chi connectivity index (χ2n) is 7.20. The van der Waals surface area contributed by atoms with Crippen molar-refractivity contribution >= 4 is 38.9 Å².